The highest BCUT2D eigenvalue weighted by Gasteiger charge is 2.17. The Kier molecular flexibility index (Phi) is 6.58. The van der Waals surface area contributed by atoms with Crippen LogP contribution < -0.4 is 15.6 Å². The van der Waals surface area contributed by atoms with Gasteiger partial charge in [0.2, 0.25) is 5.91 Å². The van der Waals surface area contributed by atoms with Crippen molar-refractivity contribution in [1.82, 2.24) is 19.4 Å². The fraction of sp³-hybridized carbons (Fsp3) is 0.269. The fourth-order valence-electron chi connectivity index (χ4n) is 4.00. The molecule has 4 aromatic rings. The summed E-state index contributed by atoms with van der Waals surface area (Å²) in [4.78, 5) is 30.3. The second kappa shape index (κ2) is 9.73. The minimum absolute atomic E-state index is 0.000187. The summed E-state index contributed by atoms with van der Waals surface area (Å²) in [6.07, 6.45) is 5.03. The zero-order valence-electron chi connectivity index (χ0n) is 19.1. The number of aromatic nitrogens is 3. The van der Waals surface area contributed by atoms with E-state index in [9.17, 15) is 9.59 Å². The summed E-state index contributed by atoms with van der Waals surface area (Å²) in [6.45, 7) is 1.90. The van der Waals surface area contributed by atoms with Crippen LogP contribution in [0.25, 0.3) is 22.2 Å². The molecule has 0 aliphatic heterocycles. The standard InChI is InChI=1S/C26H28N4O3/c1-18(12-13-19-8-5-4-6-9-19)28-23(31)16-30-17-27-24-22(15-29(2)25(24)26(30)32)20-10-7-11-21(14-20)33-3/h4-11,14-15,17-18H,12-13,16H2,1-3H3,(H,28,31)/t18-/m1/s1. The molecule has 0 aliphatic rings. The van der Waals surface area contributed by atoms with Gasteiger partial charge >= 0.3 is 0 Å². The number of benzene rings is 2. The Hall–Kier alpha value is -3.87. The maximum Gasteiger partial charge on any atom is 0.278 e. The Morgan fingerprint density at radius 2 is 1.94 bits per heavy atom. The van der Waals surface area contributed by atoms with Crippen molar-refractivity contribution in [3.05, 3.63) is 83.0 Å². The van der Waals surface area contributed by atoms with Crippen LogP contribution in [0.1, 0.15) is 18.9 Å². The van der Waals surface area contributed by atoms with Gasteiger partial charge in [-0.05, 0) is 43.0 Å². The van der Waals surface area contributed by atoms with E-state index < -0.39 is 0 Å². The quantitative estimate of drug-likeness (QED) is 0.451. The number of hydrogen-bond donors (Lipinski definition) is 1. The molecular weight excluding hydrogens is 416 g/mol. The van der Waals surface area contributed by atoms with Crippen LogP contribution in [0.3, 0.4) is 0 Å². The molecule has 1 atom stereocenters. The van der Waals surface area contributed by atoms with E-state index in [1.165, 1.54) is 16.5 Å². The predicted molar refractivity (Wildman–Crippen MR) is 129 cm³/mol. The molecule has 0 saturated carbocycles. The average Bonchev–Trinajstić information content (AvgIpc) is 3.17. The van der Waals surface area contributed by atoms with Gasteiger partial charge in [0.15, 0.2) is 0 Å². The van der Waals surface area contributed by atoms with E-state index in [1.54, 1.807) is 11.7 Å². The van der Waals surface area contributed by atoms with Crippen molar-refractivity contribution in [3.63, 3.8) is 0 Å². The molecule has 1 N–H and O–H groups in total. The van der Waals surface area contributed by atoms with Gasteiger partial charge in [0.1, 0.15) is 23.3 Å². The molecule has 7 nitrogen and oxygen atoms in total. The Balaban J connectivity index is 1.49. The molecule has 2 aromatic heterocycles. The van der Waals surface area contributed by atoms with Crippen molar-refractivity contribution in [2.24, 2.45) is 7.05 Å². The molecule has 0 bridgehead atoms. The molecule has 2 aromatic carbocycles. The lowest BCUT2D eigenvalue weighted by Gasteiger charge is -2.14. The van der Waals surface area contributed by atoms with Crippen LogP contribution in [0.4, 0.5) is 0 Å². The van der Waals surface area contributed by atoms with Crippen LogP contribution in [0.5, 0.6) is 5.75 Å². The molecule has 0 spiro atoms. The van der Waals surface area contributed by atoms with Crippen molar-refractivity contribution in [2.75, 3.05) is 7.11 Å². The third kappa shape index (κ3) is 4.98. The predicted octanol–water partition coefficient (Wildman–Crippen LogP) is 3.55. The van der Waals surface area contributed by atoms with Gasteiger partial charge in [-0.1, -0.05) is 42.5 Å². The van der Waals surface area contributed by atoms with Crippen LogP contribution in [0, 0.1) is 0 Å². The lowest BCUT2D eigenvalue weighted by Crippen LogP contribution is -2.37. The normalized spacial score (nSPS) is 12.0. The van der Waals surface area contributed by atoms with Crippen molar-refractivity contribution < 1.29 is 9.53 Å². The molecule has 0 fully saturated rings. The summed E-state index contributed by atoms with van der Waals surface area (Å²) < 4.78 is 8.44. The minimum Gasteiger partial charge on any atom is -0.497 e. The number of fused-ring (bicyclic) bond motifs is 1. The topological polar surface area (TPSA) is 78.1 Å². The SMILES string of the molecule is COc1cccc(-c2cn(C)c3c(=O)n(CC(=O)N[C@H](C)CCc4ccccc4)cnc23)c1. The first kappa shape index (κ1) is 22.3. The highest BCUT2D eigenvalue weighted by atomic mass is 16.5. The number of nitrogens with one attached hydrogen (secondary N) is 1. The van der Waals surface area contributed by atoms with Gasteiger partial charge in [0.25, 0.3) is 5.56 Å². The number of nitrogens with zero attached hydrogens (tertiary/aromatic N) is 3. The highest BCUT2D eigenvalue weighted by molar-refractivity contribution is 5.92. The van der Waals surface area contributed by atoms with E-state index in [0.717, 1.165) is 29.7 Å². The van der Waals surface area contributed by atoms with E-state index in [4.69, 9.17) is 4.74 Å². The summed E-state index contributed by atoms with van der Waals surface area (Å²) in [5, 5.41) is 2.99. The zero-order chi connectivity index (χ0) is 23.4. The number of rotatable bonds is 8. The average molecular weight is 445 g/mol. The molecule has 0 radical (unpaired) electrons. The Morgan fingerprint density at radius 1 is 1.15 bits per heavy atom. The van der Waals surface area contributed by atoms with Gasteiger partial charge < -0.3 is 14.6 Å². The van der Waals surface area contributed by atoms with E-state index in [-0.39, 0.29) is 24.1 Å². The number of methoxy groups -OCH3 is 1. The van der Waals surface area contributed by atoms with Gasteiger partial charge in [-0.15, -0.1) is 0 Å². The van der Waals surface area contributed by atoms with Crippen LogP contribution in [0.15, 0.2) is 71.9 Å². The Morgan fingerprint density at radius 3 is 2.70 bits per heavy atom. The largest absolute Gasteiger partial charge is 0.497 e. The summed E-state index contributed by atoms with van der Waals surface area (Å²) in [7, 11) is 3.43. The number of ether oxygens (including phenoxy) is 1. The number of carbonyl (C=O) groups excluding carboxylic acids is 1. The van der Waals surface area contributed by atoms with Crippen LogP contribution >= 0.6 is 0 Å². The molecule has 0 aliphatic carbocycles. The second-order valence-electron chi connectivity index (χ2n) is 8.25. The maximum atomic E-state index is 13.1. The monoisotopic (exact) mass is 444 g/mol. The first-order chi connectivity index (χ1) is 16.0. The maximum absolute atomic E-state index is 13.1. The third-order valence-electron chi connectivity index (χ3n) is 5.76. The van der Waals surface area contributed by atoms with Gasteiger partial charge in [-0.3, -0.25) is 14.2 Å². The van der Waals surface area contributed by atoms with E-state index >= 15 is 0 Å². The van der Waals surface area contributed by atoms with Crippen molar-refractivity contribution >= 4 is 16.9 Å². The third-order valence-corrected chi connectivity index (χ3v) is 5.76. The van der Waals surface area contributed by atoms with Gasteiger partial charge in [0.05, 0.1) is 13.4 Å². The summed E-state index contributed by atoms with van der Waals surface area (Å²) in [6, 6.07) is 17.8. The summed E-state index contributed by atoms with van der Waals surface area (Å²) >= 11 is 0. The van der Waals surface area contributed by atoms with E-state index in [1.807, 2.05) is 62.6 Å². The molecule has 7 heteroatoms. The second-order valence-corrected chi connectivity index (χ2v) is 8.25. The van der Waals surface area contributed by atoms with Gasteiger partial charge in [-0.25, -0.2) is 4.98 Å². The molecule has 0 saturated heterocycles. The minimum atomic E-state index is -0.247. The number of hydrogen-bond acceptors (Lipinski definition) is 4. The molecule has 4 rings (SSSR count). The molecule has 2 heterocycles. The molecule has 0 unspecified atom stereocenters. The molecule has 1 amide bonds. The summed E-state index contributed by atoms with van der Waals surface area (Å²) in [5.41, 5.74) is 3.80. The van der Waals surface area contributed by atoms with Gasteiger partial charge in [-0.2, -0.15) is 0 Å². The zero-order valence-corrected chi connectivity index (χ0v) is 19.1. The molecular formula is C26H28N4O3. The lowest BCUT2D eigenvalue weighted by molar-refractivity contribution is -0.122. The van der Waals surface area contributed by atoms with Crippen LogP contribution in [-0.4, -0.2) is 33.2 Å². The first-order valence-electron chi connectivity index (χ1n) is 11.0. The Bertz CT molecular complexity index is 1320. The first-order valence-corrected chi connectivity index (χ1v) is 11.0. The molecule has 33 heavy (non-hydrogen) atoms. The van der Waals surface area contributed by atoms with Crippen molar-refractivity contribution in [2.45, 2.75) is 32.4 Å². The Labute approximate surface area is 192 Å². The van der Waals surface area contributed by atoms with Crippen molar-refractivity contribution in [1.29, 1.82) is 0 Å². The number of amides is 1. The fourth-order valence-corrected chi connectivity index (χ4v) is 4.00. The molecule has 170 valence electrons. The number of carbonyl (C=O) groups is 1. The highest BCUT2D eigenvalue weighted by Crippen LogP contribution is 2.29. The van der Waals surface area contributed by atoms with Crippen molar-refractivity contribution in [3.8, 4) is 16.9 Å². The van der Waals surface area contributed by atoms with Crippen LogP contribution in [-0.2, 0) is 24.8 Å². The summed E-state index contributed by atoms with van der Waals surface area (Å²) in [5.74, 6) is 0.525. The number of aryl methyl sites for hydroxylation is 2. The van der Waals surface area contributed by atoms with Gasteiger partial charge in [0, 0.05) is 24.8 Å². The lowest BCUT2D eigenvalue weighted by atomic mass is 10.1. The van der Waals surface area contributed by atoms with Crippen LogP contribution in [0.2, 0.25) is 0 Å². The van der Waals surface area contributed by atoms with E-state index in [0.29, 0.717) is 11.0 Å². The van der Waals surface area contributed by atoms with E-state index in [2.05, 4.69) is 22.4 Å². The smallest absolute Gasteiger partial charge is 0.278 e.